The first-order valence-corrected chi connectivity index (χ1v) is 11.8. The zero-order chi connectivity index (χ0) is 23.5. The van der Waals surface area contributed by atoms with Crippen LogP contribution in [0.3, 0.4) is 0 Å². The van der Waals surface area contributed by atoms with E-state index in [4.69, 9.17) is 27.9 Å². The molecular formula is C23H31Cl2N3O4. The standard InChI is InChI=1S/C23H31Cl2N3O4/c1-23(2,3)32-22(31)26-12-16-5-4-10-27(13-16)21(30)19-8-9-20(29)28(19)14-15-6-7-17(24)18(25)11-15/h6-7,11,16,19H,4-5,8-10,12-14H2,1-3H3,(H,26,31)/t16-,19-/m0/s1. The number of carbonyl (C=O) groups excluding carboxylic acids is 3. The van der Waals surface area contributed by atoms with Gasteiger partial charge in [-0.25, -0.2) is 4.79 Å². The van der Waals surface area contributed by atoms with Gasteiger partial charge in [0.05, 0.1) is 10.0 Å². The number of halogens is 2. The van der Waals surface area contributed by atoms with Crippen LogP contribution in [-0.2, 0) is 20.9 Å². The second-order valence-electron chi connectivity index (χ2n) is 9.50. The smallest absolute Gasteiger partial charge is 0.407 e. The highest BCUT2D eigenvalue weighted by molar-refractivity contribution is 6.42. The fourth-order valence-corrected chi connectivity index (χ4v) is 4.53. The molecule has 3 rings (SSSR count). The zero-order valence-electron chi connectivity index (χ0n) is 18.8. The third kappa shape index (κ3) is 6.51. The van der Waals surface area contributed by atoms with Gasteiger partial charge in [-0.3, -0.25) is 9.59 Å². The molecule has 9 heteroatoms. The number of amides is 3. The summed E-state index contributed by atoms with van der Waals surface area (Å²) in [5.41, 5.74) is 0.288. The quantitative estimate of drug-likeness (QED) is 0.678. The van der Waals surface area contributed by atoms with E-state index < -0.39 is 17.7 Å². The average Bonchev–Trinajstić information content (AvgIpc) is 3.08. The van der Waals surface area contributed by atoms with Gasteiger partial charge in [-0.15, -0.1) is 0 Å². The van der Waals surface area contributed by atoms with Crippen molar-refractivity contribution < 1.29 is 19.1 Å². The summed E-state index contributed by atoms with van der Waals surface area (Å²) in [6.45, 7) is 7.45. The summed E-state index contributed by atoms with van der Waals surface area (Å²) in [7, 11) is 0. The van der Waals surface area contributed by atoms with Crippen LogP contribution >= 0.6 is 23.2 Å². The molecule has 0 unspecified atom stereocenters. The van der Waals surface area contributed by atoms with Gasteiger partial charge < -0.3 is 19.9 Å². The third-order valence-electron chi connectivity index (χ3n) is 5.71. The molecule has 0 saturated carbocycles. The molecule has 2 aliphatic rings. The Kier molecular flexibility index (Phi) is 7.93. The Balaban J connectivity index is 1.59. The summed E-state index contributed by atoms with van der Waals surface area (Å²) in [4.78, 5) is 41.3. The highest BCUT2D eigenvalue weighted by atomic mass is 35.5. The molecule has 3 amide bonds. The Labute approximate surface area is 199 Å². The Morgan fingerprint density at radius 2 is 1.94 bits per heavy atom. The van der Waals surface area contributed by atoms with Crippen LogP contribution in [0, 0.1) is 5.92 Å². The average molecular weight is 484 g/mol. The van der Waals surface area contributed by atoms with E-state index in [1.807, 2.05) is 31.7 Å². The van der Waals surface area contributed by atoms with Gasteiger partial charge in [-0.1, -0.05) is 29.3 Å². The molecule has 0 radical (unpaired) electrons. The van der Waals surface area contributed by atoms with Crippen molar-refractivity contribution in [1.29, 1.82) is 0 Å². The monoisotopic (exact) mass is 483 g/mol. The number of hydrogen-bond donors (Lipinski definition) is 1. The normalized spacial score (nSPS) is 21.6. The molecule has 2 fully saturated rings. The number of nitrogens with one attached hydrogen (secondary N) is 1. The van der Waals surface area contributed by atoms with E-state index in [9.17, 15) is 14.4 Å². The number of ether oxygens (including phenoxy) is 1. The molecule has 7 nitrogen and oxygen atoms in total. The second-order valence-corrected chi connectivity index (χ2v) is 10.3. The molecule has 176 valence electrons. The molecule has 2 saturated heterocycles. The summed E-state index contributed by atoms with van der Waals surface area (Å²) in [5.74, 6) is 0.0910. The van der Waals surface area contributed by atoms with Crippen molar-refractivity contribution in [2.45, 2.75) is 64.6 Å². The van der Waals surface area contributed by atoms with Gasteiger partial charge in [-0.2, -0.15) is 0 Å². The van der Waals surface area contributed by atoms with E-state index in [1.54, 1.807) is 17.0 Å². The summed E-state index contributed by atoms with van der Waals surface area (Å²) in [5, 5.41) is 3.69. The number of benzene rings is 1. The van der Waals surface area contributed by atoms with Crippen LogP contribution in [0.2, 0.25) is 10.0 Å². The molecule has 0 aliphatic carbocycles. The highest BCUT2D eigenvalue weighted by Gasteiger charge is 2.39. The first kappa shape index (κ1) is 24.6. The fraction of sp³-hybridized carbons (Fsp3) is 0.609. The van der Waals surface area contributed by atoms with Crippen LogP contribution in [0.25, 0.3) is 0 Å². The fourth-order valence-electron chi connectivity index (χ4n) is 4.21. The summed E-state index contributed by atoms with van der Waals surface area (Å²) in [6.07, 6.45) is 2.21. The topological polar surface area (TPSA) is 79.0 Å². The first-order valence-electron chi connectivity index (χ1n) is 11.0. The van der Waals surface area contributed by atoms with Crippen molar-refractivity contribution in [2.24, 2.45) is 5.92 Å². The van der Waals surface area contributed by atoms with Crippen molar-refractivity contribution >= 4 is 41.1 Å². The molecule has 0 spiro atoms. The molecular weight excluding hydrogens is 453 g/mol. The molecule has 1 aromatic carbocycles. The molecule has 2 heterocycles. The molecule has 1 aromatic rings. The molecule has 32 heavy (non-hydrogen) atoms. The largest absolute Gasteiger partial charge is 0.444 e. The van der Waals surface area contributed by atoms with Crippen LogP contribution < -0.4 is 5.32 Å². The molecule has 0 bridgehead atoms. The van der Waals surface area contributed by atoms with Crippen LogP contribution in [-0.4, -0.2) is 59.0 Å². The number of rotatable bonds is 5. The SMILES string of the molecule is CC(C)(C)OC(=O)NC[C@@H]1CCCN(C(=O)[C@@H]2CCC(=O)N2Cc2ccc(Cl)c(Cl)c2)C1. The van der Waals surface area contributed by atoms with Gasteiger partial charge in [0, 0.05) is 32.6 Å². The van der Waals surface area contributed by atoms with Crippen molar-refractivity contribution in [2.75, 3.05) is 19.6 Å². The number of likely N-dealkylation sites (tertiary alicyclic amines) is 2. The molecule has 1 N–H and O–H groups in total. The lowest BCUT2D eigenvalue weighted by atomic mass is 9.97. The van der Waals surface area contributed by atoms with E-state index in [1.165, 1.54) is 0 Å². The summed E-state index contributed by atoms with van der Waals surface area (Å²) >= 11 is 12.1. The van der Waals surface area contributed by atoms with Crippen molar-refractivity contribution in [1.82, 2.24) is 15.1 Å². The van der Waals surface area contributed by atoms with E-state index >= 15 is 0 Å². The Morgan fingerprint density at radius 1 is 1.19 bits per heavy atom. The Morgan fingerprint density at radius 3 is 2.62 bits per heavy atom. The van der Waals surface area contributed by atoms with Gasteiger partial charge in [-0.05, 0) is 63.6 Å². The van der Waals surface area contributed by atoms with E-state index in [2.05, 4.69) is 5.32 Å². The minimum Gasteiger partial charge on any atom is -0.444 e. The van der Waals surface area contributed by atoms with Gasteiger partial charge in [0.25, 0.3) is 0 Å². The van der Waals surface area contributed by atoms with E-state index in [0.717, 1.165) is 18.4 Å². The lowest BCUT2D eigenvalue weighted by molar-refractivity contribution is -0.143. The molecule has 2 atom stereocenters. The summed E-state index contributed by atoms with van der Waals surface area (Å²) < 4.78 is 5.29. The number of nitrogens with zero attached hydrogens (tertiary/aromatic N) is 2. The van der Waals surface area contributed by atoms with Crippen LogP contribution in [0.5, 0.6) is 0 Å². The highest BCUT2D eigenvalue weighted by Crippen LogP contribution is 2.28. The predicted molar refractivity (Wildman–Crippen MR) is 124 cm³/mol. The Bertz CT molecular complexity index is 871. The number of alkyl carbamates (subject to hydrolysis) is 1. The van der Waals surface area contributed by atoms with Gasteiger partial charge in [0.2, 0.25) is 11.8 Å². The maximum Gasteiger partial charge on any atom is 0.407 e. The number of carbonyl (C=O) groups is 3. The van der Waals surface area contributed by atoms with Gasteiger partial charge in [0.1, 0.15) is 11.6 Å². The van der Waals surface area contributed by atoms with Crippen molar-refractivity contribution in [3.05, 3.63) is 33.8 Å². The van der Waals surface area contributed by atoms with Crippen LogP contribution in [0.4, 0.5) is 4.79 Å². The number of hydrogen-bond acceptors (Lipinski definition) is 4. The third-order valence-corrected chi connectivity index (χ3v) is 6.45. The summed E-state index contributed by atoms with van der Waals surface area (Å²) in [6, 6.07) is 4.77. The lowest BCUT2D eigenvalue weighted by Crippen LogP contribution is -2.51. The predicted octanol–water partition coefficient (Wildman–Crippen LogP) is 4.25. The van der Waals surface area contributed by atoms with Gasteiger partial charge in [0.15, 0.2) is 0 Å². The van der Waals surface area contributed by atoms with Crippen molar-refractivity contribution in [3.8, 4) is 0 Å². The maximum absolute atomic E-state index is 13.3. The van der Waals surface area contributed by atoms with E-state index in [0.29, 0.717) is 49.1 Å². The van der Waals surface area contributed by atoms with Crippen LogP contribution in [0.15, 0.2) is 18.2 Å². The number of piperidine rings is 1. The van der Waals surface area contributed by atoms with Gasteiger partial charge >= 0.3 is 6.09 Å². The molecule has 2 aliphatic heterocycles. The minimum absolute atomic E-state index is 0.0297. The lowest BCUT2D eigenvalue weighted by Gasteiger charge is -2.36. The minimum atomic E-state index is -0.550. The molecule has 0 aromatic heterocycles. The Hall–Kier alpha value is -1.99. The zero-order valence-corrected chi connectivity index (χ0v) is 20.3. The van der Waals surface area contributed by atoms with Crippen molar-refractivity contribution in [3.63, 3.8) is 0 Å². The van der Waals surface area contributed by atoms with E-state index in [-0.39, 0.29) is 17.7 Å². The van der Waals surface area contributed by atoms with Crippen LogP contribution in [0.1, 0.15) is 52.0 Å². The first-order chi connectivity index (χ1) is 15.0. The maximum atomic E-state index is 13.3. The second kappa shape index (κ2) is 10.3.